The van der Waals surface area contributed by atoms with Crippen molar-refractivity contribution in [1.29, 1.82) is 0 Å². The Kier molecular flexibility index (Phi) is 3.93. The fourth-order valence-corrected chi connectivity index (χ4v) is 1.93. The van der Waals surface area contributed by atoms with E-state index in [0.29, 0.717) is 0 Å². The average molecular weight is 333 g/mol. The van der Waals surface area contributed by atoms with Crippen LogP contribution in [0.3, 0.4) is 0 Å². The van der Waals surface area contributed by atoms with Crippen molar-refractivity contribution >= 4 is 39.2 Å². The highest BCUT2D eigenvalue weighted by atomic mass is 79.9. The van der Waals surface area contributed by atoms with Crippen LogP contribution in [0.1, 0.15) is 15.9 Å². The molecule has 0 fully saturated rings. The predicted octanol–water partition coefficient (Wildman–Crippen LogP) is 3.49. The number of anilines is 1. The molecule has 1 aromatic carbocycles. The lowest BCUT2D eigenvalue weighted by molar-refractivity contribution is -0.138. The summed E-state index contributed by atoms with van der Waals surface area (Å²) >= 11 is 8.36. The van der Waals surface area contributed by atoms with Gasteiger partial charge in [0.05, 0.1) is 23.3 Å². The number of alkyl halides is 3. The number of carbonyl (C=O) groups is 1. The molecule has 17 heavy (non-hydrogen) atoms. The largest absolute Gasteiger partial charge is 0.465 e. The van der Waals surface area contributed by atoms with Gasteiger partial charge in [0.15, 0.2) is 0 Å². The normalized spacial score (nSPS) is 11.4. The first-order valence-corrected chi connectivity index (χ1v) is 5.30. The maximum Gasteiger partial charge on any atom is 0.418 e. The van der Waals surface area contributed by atoms with Crippen LogP contribution >= 0.6 is 27.5 Å². The number of benzene rings is 1. The molecule has 1 rings (SSSR count). The van der Waals surface area contributed by atoms with Crippen molar-refractivity contribution in [1.82, 2.24) is 0 Å². The molecule has 0 spiro atoms. The van der Waals surface area contributed by atoms with E-state index in [9.17, 15) is 18.0 Å². The molecule has 0 unspecified atom stereocenters. The summed E-state index contributed by atoms with van der Waals surface area (Å²) in [6.45, 7) is 0. The second kappa shape index (κ2) is 4.73. The zero-order valence-electron chi connectivity index (χ0n) is 8.36. The quantitative estimate of drug-likeness (QED) is 0.633. The number of carbonyl (C=O) groups excluding carboxylic acids is 1. The molecule has 0 aliphatic rings. The first-order valence-electron chi connectivity index (χ1n) is 4.13. The van der Waals surface area contributed by atoms with Crippen LogP contribution in [0.25, 0.3) is 0 Å². The van der Waals surface area contributed by atoms with Crippen LogP contribution in [0, 0.1) is 0 Å². The van der Waals surface area contributed by atoms with E-state index in [0.717, 1.165) is 13.2 Å². The fraction of sp³-hybridized carbons (Fsp3) is 0.222. The second-order valence-electron chi connectivity index (χ2n) is 3.00. The van der Waals surface area contributed by atoms with Crippen LogP contribution in [-0.4, -0.2) is 13.1 Å². The number of halogens is 5. The highest BCUT2D eigenvalue weighted by Gasteiger charge is 2.40. The van der Waals surface area contributed by atoms with E-state index >= 15 is 0 Å². The molecule has 0 saturated carbocycles. The van der Waals surface area contributed by atoms with E-state index in [1.807, 2.05) is 0 Å². The molecule has 8 heteroatoms. The molecular weight excluding hydrogens is 326 g/mol. The van der Waals surface area contributed by atoms with Crippen LogP contribution in [-0.2, 0) is 10.9 Å². The molecule has 0 radical (unpaired) electrons. The fourth-order valence-electron chi connectivity index (χ4n) is 1.23. The molecule has 2 N–H and O–H groups in total. The Balaban J connectivity index is 3.68. The number of hydrogen-bond acceptors (Lipinski definition) is 3. The minimum atomic E-state index is -4.81. The molecule has 0 bridgehead atoms. The Morgan fingerprint density at radius 1 is 1.53 bits per heavy atom. The van der Waals surface area contributed by atoms with Gasteiger partial charge in [-0.2, -0.15) is 13.2 Å². The summed E-state index contributed by atoms with van der Waals surface area (Å²) in [5.74, 6) is -1.19. The molecule has 3 nitrogen and oxygen atoms in total. The summed E-state index contributed by atoms with van der Waals surface area (Å²) in [7, 11) is 0.956. The Hall–Kier alpha value is -0.950. The van der Waals surface area contributed by atoms with E-state index in [1.165, 1.54) is 0 Å². The van der Waals surface area contributed by atoms with Crippen molar-refractivity contribution in [2.75, 3.05) is 12.8 Å². The number of ether oxygens (including phenoxy) is 1. The first kappa shape index (κ1) is 14.1. The van der Waals surface area contributed by atoms with Crippen LogP contribution in [0.4, 0.5) is 18.9 Å². The van der Waals surface area contributed by atoms with Gasteiger partial charge in [0.1, 0.15) is 0 Å². The lowest BCUT2D eigenvalue weighted by atomic mass is 10.0. The molecule has 94 valence electrons. The van der Waals surface area contributed by atoms with E-state index in [4.69, 9.17) is 17.3 Å². The Bertz CT molecular complexity index is 476. The Morgan fingerprint density at radius 3 is 2.47 bits per heavy atom. The summed E-state index contributed by atoms with van der Waals surface area (Å²) in [4.78, 5) is 11.3. The van der Waals surface area contributed by atoms with Crippen molar-refractivity contribution in [3.05, 3.63) is 26.7 Å². The molecule has 0 saturated heterocycles. The smallest absolute Gasteiger partial charge is 0.418 e. The SMILES string of the molecule is COC(=O)c1c(N)cc(Br)c(Cl)c1C(F)(F)F. The van der Waals surface area contributed by atoms with Crippen molar-refractivity contribution in [2.24, 2.45) is 0 Å². The van der Waals surface area contributed by atoms with Gasteiger partial charge in [-0.1, -0.05) is 11.6 Å². The number of nitrogens with two attached hydrogens (primary N) is 1. The summed E-state index contributed by atoms with van der Waals surface area (Å²) in [6.07, 6.45) is -4.81. The third kappa shape index (κ3) is 2.66. The number of methoxy groups -OCH3 is 1. The van der Waals surface area contributed by atoms with Gasteiger partial charge in [0.25, 0.3) is 0 Å². The van der Waals surface area contributed by atoms with Crippen LogP contribution in [0.2, 0.25) is 5.02 Å². The average Bonchev–Trinajstić information content (AvgIpc) is 2.20. The maximum atomic E-state index is 12.8. The standard InChI is InChI=1S/C9H6BrClF3NO2/c1-17-8(16)5-4(15)2-3(10)7(11)6(5)9(12,13)14/h2H,15H2,1H3. The number of hydrogen-bond donors (Lipinski definition) is 1. The van der Waals surface area contributed by atoms with Gasteiger partial charge in [-0.3, -0.25) is 0 Å². The summed E-state index contributed by atoms with van der Waals surface area (Å²) in [5, 5.41) is -0.632. The summed E-state index contributed by atoms with van der Waals surface area (Å²) in [5.41, 5.74) is 2.92. The lowest BCUT2D eigenvalue weighted by Crippen LogP contribution is -2.17. The van der Waals surface area contributed by atoms with Crippen molar-refractivity contribution in [2.45, 2.75) is 6.18 Å². The van der Waals surface area contributed by atoms with E-state index < -0.39 is 28.3 Å². The number of rotatable bonds is 1. The van der Waals surface area contributed by atoms with E-state index in [1.54, 1.807) is 0 Å². The summed E-state index contributed by atoms with van der Waals surface area (Å²) < 4.78 is 42.6. The molecule has 0 atom stereocenters. The molecular formula is C9H6BrClF3NO2. The van der Waals surface area contributed by atoms with Gasteiger partial charge in [0.2, 0.25) is 0 Å². The van der Waals surface area contributed by atoms with Gasteiger partial charge >= 0.3 is 12.1 Å². The third-order valence-electron chi connectivity index (χ3n) is 1.92. The third-order valence-corrected chi connectivity index (χ3v) is 3.17. The number of nitrogen functional groups attached to an aromatic ring is 1. The highest BCUT2D eigenvalue weighted by molar-refractivity contribution is 9.10. The van der Waals surface area contributed by atoms with Gasteiger partial charge in [-0.05, 0) is 22.0 Å². The lowest BCUT2D eigenvalue weighted by Gasteiger charge is -2.16. The van der Waals surface area contributed by atoms with Crippen LogP contribution in [0.5, 0.6) is 0 Å². The van der Waals surface area contributed by atoms with Crippen LogP contribution in [0.15, 0.2) is 10.5 Å². The maximum absolute atomic E-state index is 12.8. The highest BCUT2D eigenvalue weighted by Crippen LogP contribution is 2.43. The van der Waals surface area contributed by atoms with E-state index in [-0.39, 0.29) is 10.2 Å². The minimum absolute atomic E-state index is 0.0448. The second-order valence-corrected chi connectivity index (χ2v) is 4.23. The van der Waals surface area contributed by atoms with Gasteiger partial charge in [0, 0.05) is 10.2 Å². The topological polar surface area (TPSA) is 52.3 Å². The predicted molar refractivity (Wildman–Crippen MR) is 59.9 cm³/mol. The number of esters is 1. The zero-order valence-corrected chi connectivity index (χ0v) is 10.7. The monoisotopic (exact) mass is 331 g/mol. The van der Waals surface area contributed by atoms with Crippen LogP contribution < -0.4 is 5.73 Å². The molecule has 0 amide bonds. The molecule has 0 aromatic heterocycles. The van der Waals surface area contributed by atoms with Crippen molar-refractivity contribution in [3.8, 4) is 0 Å². The van der Waals surface area contributed by atoms with E-state index in [2.05, 4.69) is 20.7 Å². The molecule has 0 aliphatic carbocycles. The van der Waals surface area contributed by atoms with Gasteiger partial charge in [-0.25, -0.2) is 4.79 Å². The molecule has 1 aromatic rings. The first-order chi connectivity index (χ1) is 7.70. The Labute approximate surface area is 108 Å². The van der Waals surface area contributed by atoms with Gasteiger partial charge in [-0.15, -0.1) is 0 Å². The summed E-state index contributed by atoms with van der Waals surface area (Å²) in [6, 6.07) is 1.11. The van der Waals surface area contributed by atoms with Crippen molar-refractivity contribution < 1.29 is 22.7 Å². The molecule has 0 heterocycles. The van der Waals surface area contributed by atoms with Gasteiger partial charge < -0.3 is 10.5 Å². The zero-order chi connectivity index (χ0) is 13.4. The minimum Gasteiger partial charge on any atom is -0.465 e. The van der Waals surface area contributed by atoms with Crippen molar-refractivity contribution in [3.63, 3.8) is 0 Å². The Morgan fingerprint density at radius 2 is 2.06 bits per heavy atom. The molecule has 0 aliphatic heterocycles.